The molecule has 1 aliphatic heterocycles. The number of amides is 1. The van der Waals surface area contributed by atoms with Gasteiger partial charge in [-0.05, 0) is 19.4 Å². The maximum absolute atomic E-state index is 11.1. The van der Waals surface area contributed by atoms with Crippen LogP contribution in [-0.2, 0) is 0 Å². The second-order valence-corrected chi connectivity index (χ2v) is 4.85. The van der Waals surface area contributed by atoms with E-state index in [0.717, 1.165) is 0 Å². The first-order chi connectivity index (χ1) is 10.0. The molecular formula is C12H18N6O3. The summed E-state index contributed by atoms with van der Waals surface area (Å²) < 4.78 is 0. The summed E-state index contributed by atoms with van der Waals surface area (Å²) in [6.45, 7) is 3.42. The number of anilines is 1. The highest BCUT2D eigenvalue weighted by Gasteiger charge is 2.26. The lowest BCUT2D eigenvalue weighted by Crippen LogP contribution is -2.41. The predicted molar refractivity (Wildman–Crippen MR) is 75.6 cm³/mol. The number of nitrogens with two attached hydrogens (primary N) is 1. The fourth-order valence-electron chi connectivity index (χ4n) is 2.31. The van der Waals surface area contributed by atoms with E-state index in [1.165, 1.54) is 11.1 Å². The summed E-state index contributed by atoms with van der Waals surface area (Å²) in [4.78, 5) is 22.9. The number of amidine groups is 1. The van der Waals surface area contributed by atoms with E-state index in [1.54, 1.807) is 6.07 Å². The molecule has 0 radical (unpaired) electrons. The van der Waals surface area contributed by atoms with Crippen molar-refractivity contribution in [3.8, 4) is 0 Å². The molecule has 9 nitrogen and oxygen atoms in total. The summed E-state index contributed by atoms with van der Waals surface area (Å²) in [5, 5.41) is 20.7. The quantitative estimate of drug-likeness (QED) is 0.306. The number of carbonyl (C=O) groups is 1. The molecule has 1 fully saturated rings. The van der Waals surface area contributed by atoms with E-state index in [-0.39, 0.29) is 11.9 Å². The summed E-state index contributed by atoms with van der Waals surface area (Å²) >= 11 is 0. The first-order valence-corrected chi connectivity index (χ1v) is 6.58. The van der Waals surface area contributed by atoms with Crippen LogP contribution < -0.4 is 10.6 Å². The van der Waals surface area contributed by atoms with Crippen molar-refractivity contribution in [1.82, 2.24) is 14.9 Å². The first-order valence-electron chi connectivity index (χ1n) is 6.58. The Bertz CT molecular complexity index is 550. The number of hydrogen-bond acceptors (Lipinski definition) is 6. The molecule has 1 saturated heterocycles. The highest BCUT2D eigenvalue weighted by Crippen LogP contribution is 2.16. The van der Waals surface area contributed by atoms with Crippen molar-refractivity contribution in [2.45, 2.75) is 19.4 Å². The number of carboxylic acid groups (broad SMARTS) is 1. The van der Waals surface area contributed by atoms with Crippen molar-refractivity contribution in [2.24, 2.45) is 10.9 Å². The second kappa shape index (κ2) is 6.25. The fraction of sp³-hybridized carbons (Fsp3) is 0.500. The maximum atomic E-state index is 11.1. The van der Waals surface area contributed by atoms with Gasteiger partial charge < -0.3 is 25.8 Å². The molecule has 0 unspecified atom stereocenters. The molecule has 0 bridgehead atoms. The highest BCUT2D eigenvalue weighted by molar-refractivity contribution is 5.95. The lowest BCUT2D eigenvalue weighted by Gasteiger charge is -2.28. The minimum atomic E-state index is -0.921. The van der Waals surface area contributed by atoms with Crippen LogP contribution in [0.2, 0.25) is 0 Å². The predicted octanol–water partition coefficient (Wildman–Crippen LogP) is 0.150. The number of nitrogens with zero attached hydrogens (tertiary/aromatic N) is 5. The third-order valence-corrected chi connectivity index (χ3v) is 3.38. The summed E-state index contributed by atoms with van der Waals surface area (Å²) in [6.07, 6.45) is 1.30. The molecule has 1 aromatic heterocycles. The molecule has 0 saturated carbocycles. The van der Waals surface area contributed by atoms with Gasteiger partial charge in [-0.3, -0.25) is 0 Å². The van der Waals surface area contributed by atoms with Gasteiger partial charge in [-0.15, -0.1) is 0 Å². The van der Waals surface area contributed by atoms with E-state index in [2.05, 4.69) is 15.1 Å². The van der Waals surface area contributed by atoms with E-state index in [4.69, 9.17) is 16.0 Å². The summed E-state index contributed by atoms with van der Waals surface area (Å²) in [6, 6.07) is 1.48. The van der Waals surface area contributed by atoms with Crippen molar-refractivity contribution in [3.63, 3.8) is 0 Å². The van der Waals surface area contributed by atoms with Gasteiger partial charge in [-0.25, -0.2) is 14.8 Å². The third kappa shape index (κ3) is 3.30. The van der Waals surface area contributed by atoms with Crippen molar-refractivity contribution in [2.75, 3.05) is 24.5 Å². The Morgan fingerprint density at radius 1 is 1.52 bits per heavy atom. The maximum Gasteiger partial charge on any atom is 0.407 e. The van der Waals surface area contributed by atoms with Crippen molar-refractivity contribution in [3.05, 3.63) is 18.0 Å². The SMILES string of the molecule is C[C@H]1CN(C(=O)O)CCCN1c1nccc(/C(N)=N/O)n1. The average Bonchev–Trinajstić information content (AvgIpc) is 2.68. The Morgan fingerprint density at radius 3 is 2.95 bits per heavy atom. The fourth-order valence-corrected chi connectivity index (χ4v) is 2.31. The van der Waals surface area contributed by atoms with Crippen LogP contribution in [0.3, 0.4) is 0 Å². The third-order valence-electron chi connectivity index (χ3n) is 3.38. The van der Waals surface area contributed by atoms with Gasteiger partial charge in [-0.1, -0.05) is 5.16 Å². The number of aromatic nitrogens is 2. The van der Waals surface area contributed by atoms with Gasteiger partial charge in [0.05, 0.1) is 0 Å². The standard InChI is InChI=1S/C12H18N6O3/c1-8-7-17(12(19)20)5-2-6-18(8)11-14-4-3-9(15-11)10(13)16-21/h3-4,8,21H,2,5-7H2,1H3,(H2,13,16)(H,19,20)/t8-/m0/s1. The number of hydrogen-bond donors (Lipinski definition) is 3. The van der Waals surface area contributed by atoms with E-state index in [0.29, 0.717) is 37.7 Å². The molecule has 9 heteroatoms. The number of oxime groups is 1. The van der Waals surface area contributed by atoms with Crippen LogP contribution in [0, 0.1) is 0 Å². The lowest BCUT2D eigenvalue weighted by atomic mass is 10.3. The van der Waals surface area contributed by atoms with E-state index in [1.807, 2.05) is 11.8 Å². The topological polar surface area (TPSA) is 128 Å². The molecule has 0 aromatic carbocycles. The zero-order chi connectivity index (χ0) is 15.4. The largest absolute Gasteiger partial charge is 0.465 e. The monoisotopic (exact) mass is 294 g/mol. The molecule has 1 atom stereocenters. The second-order valence-electron chi connectivity index (χ2n) is 4.85. The van der Waals surface area contributed by atoms with Gasteiger partial charge in [0.2, 0.25) is 5.95 Å². The summed E-state index contributed by atoms with van der Waals surface area (Å²) in [5.41, 5.74) is 5.85. The Balaban J connectivity index is 2.23. The molecule has 2 rings (SSSR count). The molecule has 114 valence electrons. The molecule has 1 amide bonds. The molecule has 0 spiro atoms. The zero-order valence-corrected chi connectivity index (χ0v) is 11.7. The molecule has 1 aliphatic rings. The van der Waals surface area contributed by atoms with Gasteiger partial charge in [0.15, 0.2) is 5.84 Å². The van der Waals surface area contributed by atoms with E-state index >= 15 is 0 Å². The highest BCUT2D eigenvalue weighted by atomic mass is 16.4. The Morgan fingerprint density at radius 2 is 2.29 bits per heavy atom. The van der Waals surface area contributed by atoms with Gasteiger partial charge in [0.25, 0.3) is 0 Å². The average molecular weight is 294 g/mol. The van der Waals surface area contributed by atoms with Crippen LogP contribution in [0.25, 0.3) is 0 Å². The van der Waals surface area contributed by atoms with Crippen LogP contribution in [-0.4, -0.2) is 62.8 Å². The molecular weight excluding hydrogens is 276 g/mol. The first kappa shape index (κ1) is 14.8. The lowest BCUT2D eigenvalue weighted by molar-refractivity contribution is 0.145. The Kier molecular flexibility index (Phi) is 4.41. The van der Waals surface area contributed by atoms with Crippen LogP contribution in [0.5, 0.6) is 0 Å². The Labute approximate surface area is 121 Å². The molecule has 0 aliphatic carbocycles. The minimum absolute atomic E-state index is 0.0638. The molecule has 21 heavy (non-hydrogen) atoms. The van der Waals surface area contributed by atoms with Crippen LogP contribution in [0.1, 0.15) is 19.0 Å². The van der Waals surface area contributed by atoms with E-state index in [9.17, 15) is 4.79 Å². The summed E-state index contributed by atoms with van der Waals surface area (Å²) in [5.74, 6) is 0.354. The van der Waals surface area contributed by atoms with Gasteiger partial charge >= 0.3 is 6.09 Å². The van der Waals surface area contributed by atoms with Gasteiger partial charge in [0.1, 0.15) is 5.69 Å². The van der Waals surface area contributed by atoms with Crippen LogP contribution in [0.15, 0.2) is 17.4 Å². The van der Waals surface area contributed by atoms with E-state index < -0.39 is 6.09 Å². The normalized spacial score (nSPS) is 20.2. The molecule has 1 aromatic rings. The van der Waals surface area contributed by atoms with Crippen LogP contribution in [0.4, 0.5) is 10.7 Å². The van der Waals surface area contributed by atoms with Gasteiger partial charge in [-0.2, -0.15) is 0 Å². The molecule has 4 N–H and O–H groups in total. The van der Waals surface area contributed by atoms with Gasteiger partial charge in [0, 0.05) is 31.9 Å². The Hall–Kier alpha value is -2.58. The van der Waals surface area contributed by atoms with Crippen LogP contribution >= 0.6 is 0 Å². The number of rotatable bonds is 2. The minimum Gasteiger partial charge on any atom is -0.465 e. The molecule has 2 heterocycles. The van der Waals surface area contributed by atoms with Crippen molar-refractivity contribution in [1.29, 1.82) is 0 Å². The smallest absolute Gasteiger partial charge is 0.407 e. The van der Waals surface area contributed by atoms with Crippen molar-refractivity contribution >= 4 is 17.9 Å². The zero-order valence-electron chi connectivity index (χ0n) is 11.7. The summed E-state index contributed by atoms with van der Waals surface area (Å²) in [7, 11) is 0. The van der Waals surface area contributed by atoms with Crippen molar-refractivity contribution < 1.29 is 15.1 Å².